The summed E-state index contributed by atoms with van der Waals surface area (Å²) in [7, 11) is 0. The van der Waals surface area contributed by atoms with Gasteiger partial charge in [0.25, 0.3) is 11.1 Å². The molecule has 3 rings (SSSR count). The van der Waals surface area contributed by atoms with Crippen LogP contribution in [0.4, 0.5) is 4.79 Å². The summed E-state index contributed by atoms with van der Waals surface area (Å²) in [5, 5.41) is 2.80. The van der Waals surface area contributed by atoms with E-state index in [1.165, 1.54) is 0 Å². The van der Waals surface area contributed by atoms with Crippen molar-refractivity contribution in [1.29, 1.82) is 0 Å². The topological polar surface area (TPSA) is 59.3 Å². The van der Waals surface area contributed by atoms with E-state index in [9.17, 15) is 9.59 Å². The molecule has 18 heavy (non-hydrogen) atoms. The molecule has 6 heteroatoms. The third kappa shape index (κ3) is 1.97. The lowest BCUT2D eigenvalue weighted by Gasteiger charge is -1.99. The summed E-state index contributed by atoms with van der Waals surface area (Å²) in [5.41, 5.74) is 1.45. The highest BCUT2D eigenvalue weighted by atomic mass is 79.9. The van der Waals surface area contributed by atoms with Crippen LogP contribution >= 0.6 is 27.7 Å². The van der Waals surface area contributed by atoms with E-state index in [1.807, 2.05) is 18.2 Å². The SMILES string of the molecule is O=C1NC(=O)C(=Cc2cc(Br)cc3ccoc23)S1. The number of carbonyl (C=O) groups excluding carboxylic acids is 2. The second kappa shape index (κ2) is 4.29. The summed E-state index contributed by atoms with van der Waals surface area (Å²) in [5.74, 6) is -0.371. The molecule has 2 aromatic rings. The smallest absolute Gasteiger partial charge is 0.290 e. The van der Waals surface area contributed by atoms with Crippen molar-refractivity contribution >= 4 is 55.9 Å². The van der Waals surface area contributed by atoms with Crippen LogP contribution in [0.2, 0.25) is 0 Å². The second-order valence-corrected chi connectivity index (χ2v) is 5.62. The maximum Gasteiger partial charge on any atom is 0.290 e. The average molecular weight is 324 g/mol. The molecular weight excluding hydrogens is 318 g/mol. The number of imide groups is 1. The molecule has 0 saturated carbocycles. The van der Waals surface area contributed by atoms with E-state index >= 15 is 0 Å². The summed E-state index contributed by atoms with van der Waals surface area (Å²) in [6, 6.07) is 5.61. The third-order valence-electron chi connectivity index (χ3n) is 2.47. The Morgan fingerprint density at radius 3 is 2.89 bits per heavy atom. The van der Waals surface area contributed by atoms with Gasteiger partial charge in [0.15, 0.2) is 0 Å². The van der Waals surface area contributed by atoms with Crippen LogP contribution < -0.4 is 5.32 Å². The van der Waals surface area contributed by atoms with Crippen molar-refractivity contribution < 1.29 is 14.0 Å². The van der Waals surface area contributed by atoms with E-state index in [1.54, 1.807) is 12.3 Å². The van der Waals surface area contributed by atoms with E-state index in [-0.39, 0.29) is 11.1 Å². The van der Waals surface area contributed by atoms with Crippen molar-refractivity contribution in [2.45, 2.75) is 0 Å². The van der Waals surface area contributed by atoms with Crippen molar-refractivity contribution in [3.05, 3.63) is 39.4 Å². The van der Waals surface area contributed by atoms with Gasteiger partial charge in [-0.05, 0) is 36.0 Å². The molecule has 0 unspecified atom stereocenters. The molecule has 1 saturated heterocycles. The van der Waals surface area contributed by atoms with Gasteiger partial charge in [-0.2, -0.15) is 0 Å². The van der Waals surface area contributed by atoms with Gasteiger partial charge in [-0.1, -0.05) is 15.9 Å². The molecule has 4 nitrogen and oxygen atoms in total. The van der Waals surface area contributed by atoms with Crippen molar-refractivity contribution in [3.63, 3.8) is 0 Å². The molecule has 0 aliphatic carbocycles. The fourth-order valence-corrected chi connectivity index (χ4v) is 2.91. The minimum atomic E-state index is -0.371. The first kappa shape index (κ1) is 11.6. The Hall–Kier alpha value is -1.53. The van der Waals surface area contributed by atoms with Gasteiger partial charge >= 0.3 is 0 Å². The first-order valence-electron chi connectivity index (χ1n) is 5.05. The van der Waals surface area contributed by atoms with Gasteiger partial charge in [-0.3, -0.25) is 14.9 Å². The first-order chi connectivity index (χ1) is 8.63. The molecular formula is C12H6BrNO3S. The van der Waals surface area contributed by atoms with Crippen molar-refractivity contribution in [3.8, 4) is 0 Å². The lowest BCUT2D eigenvalue weighted by molar-refractivity contribution is -0.115. The number of nitrogens with one attached hydrogen (secondary N) is 1. The summed E-state index contributed by atoms with van der Waals surface area (Å²) in [4.78, 5) is 22.9. The lowest BCUT2D eigenvalue weighted by Crippen LogP contribution is -2.17. The summed E-state index contributed by atoms with van der Waals surface area (Å²) in [6.07, 6.45) is 3.24. The standard InChI is InChI=1S/C12H6BrNO3S/c13-8-3-6-1-2-17-10(6)7(4-8)5-9-11(15)14-12(16)18-9/h1-5H,(H,14,15,16). The van der Waals surface area contributed by atoms with E-state index < -0.39 is 0 Å². The van der Waals surface area contributed by atoms with Gasteiger partial charge in [0.2, 0.25) is 0 Å². The maximum absolute atomic E-state index is 11.5. The maximum atomic E-state index is 11.5. The Morgan fingerprint density at radius 2 is 2.17 bits per heavy atom. The molecule has 1 fully saturated rings. The van der Waals surface area contributed by atoms with Gasteiger partial charge in [0.1, 0.15) is 5.58 Å². The zero-order valence-corrected chi connectivity index (χ0v) is 11.3. The number of furan rings is 1. The number of thioether (sulfide) groups is 1. The monoisotopic (exact) mass is 323 g/mol. The van der Waals surface area contributed by atoms with Crippen LogP contribution in [-0.4, -0.2) is 11.1 Å². The Kier molecular flexibility index (Phi) is 2.76. The number of hydrogen-bond acceptors (Lipinski definition) is 4. The number of halogens is 1. The molecule has 90 valence electrons. The van der Waals surface area contributed by atoms with Gasteiger partial charge in [0.05, 0.1) is 11.2 Å². The molecule has 0 bridgehead atoms. The molecule has 0 atom stereocenters. The summed E-state index contributed by atoms with van der Waals surface area (Å²) >= 11 is 4.29. The quantitative estimate of drug-likeness (QED) is 0.816. The van der Waals surface area contributed by atoms with Crippen LogP contribution in [0, 0.1) is 0 Å². The number of carbonyl (C=O) groups is 2. The van der Waals surface area contributed by atoms with E-state index in [4.69, 9.17) is 4.42 Å². The molecule has 2 heterocycles. The number of amides is 2. The Bertz CT molecular complexity index is 704. The molecule has 1 N–H and O–H groups in total. The normalized spacial score (nSPS) is 17.7. The Labute approximate surface area is 115 Å². The predicted octanol–water partition coefficient (Wildman–Crippen LogP) is 3.52. The van der Waals surface area contributed by atoms with E-state index in [2.05, 4.69) is 21.2 Å². The Morgan fingerprint density at radius 1 is 1.33 bits per heavy atom. The van der Waals surface area contributed by atoms with E-state index in [0.29, 0.717) is 10.5 Å². The number of fused-ring (bicyclic) bond motifs is 1. The summed E-state index contributed by atoms with van der Waals surface area (Å²) < 4.78 is 6.27. The zero-order valence-electron chi connectivity index (χ0n) is 8.90. The minimum Gasteiger partial charge on any atom is -0.464 e. The highest BCUT2D eigenvalue weighted by molar-refractivity contribution is 9.10. The largest absolute Gasteiger partial charge is 0.464 e. The number of benzene rings is 1. The predicted molar refractivity (Wildman–Crippen MR) is 73.0 cm³/mol. The number of rotatable bonds is 1. The van der Waals surface area contributed by atoms with E-state index in [0.717, 1.165) is 27.2 Å². The van der Waals surface area contributed by atoms with Crippen LogP contribution in [0.1, 0.15) is 5.56 Å². The molecule has 0 radical (unpaired) electrons. The van der Waals surface area contributed by atoms with Crippen LogP contribution in [0.25, 0.3) is 17.0 Å². The van der Waals surface area contributed by atoms with Crippen LogP contribution in [0.15, 0.2) is 38.3 Å². The first-order valence-corrected chi connectivity index (χ1v) is 6.66. The van der Waals surface area contributed by atoms with Crippen molar-refractivity contribution in [2.24, 2.45) is 0 Å². The minimum absolute atomic E-state index is 0.350. The zero-order chi connectivity index (χ0) is 12.7. The molecule has 1 aliphatic rings. The molecule has 2 amide bonds. The summed E-state index contributed by atoms with van der Waals surface area (Å²) in [6.45, 7) is 0. The van der Waals surface area contributed by atoms with Crippen LogP contribution in [0.5, 0.6) is 0 Å². The van der Waals surface area contributed by atoms with Gasteiger partial charge in [-0.15, -0.1) is 0 Å². The average Bonchev–Trinajstić information content (AvgIpc) is 2.86. The molecule has 0 spiro atoms. The Balaban J connectivity index is 2.15. The highest BCUT2D eigenvalue weighted by Crippen LogP contribution is 2.31. The van der Waals surface area contributed by atoms with Gasteiger partial charge in [0, 0.05) is 15.4 Å². The second-order valence-electron chi connectivity index (χ2n) is 3.69. The van der Waals surface area contributed by atoms with Crippen LogP contribution in [0.3, 0.4) is 0 Å². The molecule has 1 aliphatic heterocycles. The van der Waals surface area contributed by atoms with Crippen molar-refractivity contribution in [2.75, 3.05) is 0 Å². The fraction of sp³-hybridized carbons (Fsp3) is 0. The van der Waals surface area contributed by atoms with Gasteiger partial charge in [-0.25, -0.2) is 0 Å². The number of hydrogen-bond donors (Lipinski definition) is 1. The van der Waals surface area contributed by atoms with Crippen LogP contribution in [-0.2, 0) is 4.79 Å². The molecule has 1 aromatic heterocycles. The third-order valence-corrected chi connectivity index (χ3v) is 3.74. The van der Waals surface area contributed by atoms with Gasteiger partial charge < -0.3 is 4.42 Å². The molecule has 1 aromatic carbocycles. The fourth-order valence-electron chi connectivity index (χ4n) is 1.74. The lowest BCUT2D eigenvalue weighted by atomic mass is 10.1. The highest BCUT2D eigenvalue weighted by Gasteiger charge is 2.25. The van der Waals surface area contributed by atoms with Crippen molar-refractivity contribution in [1.82, 2.24) is 5.32 Å².